The summed E-state index contributed by atoms with van der Waals surface area (Å²) < 4.78 is 0. The number of rotatable bonds is 1. The monoisotopic (exact) mass is 97.1 g/mol. The highest BCUT2D eigenvalue weighted by Gasteiger charge is 2.31. The molecule has 0 amide bonds. The summed E-state index contributed by atoms with van der Waals surface area (Å²) in [6.07, 6.45) is 5.35. The Labute approximate surface area is 43.7 Å². The zero-order chi connectivity index (χ0) is 5.33. The van der Waals surface area contributed by atoms with E-state index in [9.17, 15) is 4.79 Å². The molecule has 0 spiro atoms. The van der Waals surface area contributed by atoms with Gasteiger partial charge in [0.1, 0.15) is 0 Å². The second kappa shape index (κ2) is 1.32. The van der Waals surface area contributed by atoms with Crippen LogP contribution < -0.4 is 0 Å². The van der Waals surface area contributed by atoms with Gasteiger partial charge in [0.25, 0.3) is 0 Å². The summed E-state index contributed by atoms with van der Waals surface area (Å²) in [6.45, 7) is 1.96. The van der Waals surface area contributed by atoms with Gasteiger partial charge in [0.2, 0.25) is 6.29 Å². The van der Waals surface area contributed by atoms with E-state index in [1.165, 1.54) is 6.42 Å². The van der Waals surface area contributed by atoms with Crippen LogP contribution >= 0.6 is 0 Å². The Hall–Kier alpha value is -0.330. The van der Waals surface area contributed by atoms with Gasteiger partial charge in [-0.3, -0.25) is 4.79 Å². The molecule has 1 aliphatic rings. The third kappa shape index (κ3) is 0.671. The predicted octanol–water partition coefficient (Wildman–Crippen LogP) is 1.29. The molecule has 0 atom stereocenters. The molecule has 1 aliphatic carbocycles. The summed E-state index contributed by atoms with van der Waals surface area (Å²) in [4.78, 5) is 9.98. The van der Waals surface area contributed by atoms with Crippen LogP contribution in [-0.2, 0) is 4.79 Å². The second-order valence-corrected chi connectivity index (χ2v) is 2.52. The smallest absolute Gasteiger partial charge is 0.204 e. The first kappa shape index (κ1) is 4.82. The molecule has 1 fully saturated rings. The van der Waals surface area contributed by atoms with Gasteiger partial charge in [-0.25, -0.2) is 0 Å². The summed E-state index contributed by atoms with van der Waals surface area (Å²) in [5.41, 5.74) is -0.0417. The summed E-state index contributed by atoms with van der Waals surface area (Å²) in [5.74, 6) is 0. The Balaban J connectivity index is 2.43. The van der Waals surface area contributed by atoms with Crippen molar-refractivity contribution >= 4 is 6.29 Å². The van der Waals surface area contributed by atoms with E-state index in [0.717, 1.165) is 12.8 Å². The van der Waals surface area contributed by atoms with E-state index in [1.54, 1.807) is 0 Å². The maximum Gasteiger partial charge on any atom is 0.204 e. The third-order valence-electron chi connectivity index (χ3n) is 1.70. The van der Waals surface area contributed by atoms with Crippen LogP contribution in [0.5, 0.6) is 0 Å². The molecule has 39 valence electrons. The molecule has 0 aromatic rings. The Kier molecular flexibility index (Phi) is 0.911. The van der Waals surface area contributed by atoms with E-state index < -0.39 is 0 Å². The SMILES string of the molecule is CC1([C]=O)CCC1. The largest absolute Gasteiger partial charge is 0.290 e. The lowest BCUT2D eigenvalue weighted by Crippen LogP contribution is -2.26. The summed E-state index contributed by atoms with van der Waals surface area (Å²) in [5, 5.41) is 0. The molecule has 7 heavy (non-hydrogen) atoms. The first-order valence-corrected chi connectivity index (χ1v) is 2.66. The van der Waals surface area contributed by atoms with E-state index in [2.05, 4.69) is 0 Å². The van der Waals surface area contributed by atoms with Gasteiger partial charge < -0.3 is 0 Å². The molecule has 0 saturated heterocycles. The lowest BCUT2D eigenvalue weighted by Gasteiger charge is -2.30. The molecule has 0 heterocycles. The van der Waals surface area contributed by atoms with Crippen molar-refractivity contribution in [2.75, 3.05) is 0 Å². The second-order valence-electron chi connectivity index (χ2n) is 2.52. The van der Waals surface area contributed by atoms with Gasteiger partial charge in [-0.15, -0.1) is 0 Å². The van der Waals surface area contributed by atoms with Gasteiger partial charge in [-0.1, -0.05) is 13.3 Å². The van der Waals surface area contributed by atoms with Crippen LogP contribution in [0.2, 0.25) is 0 Å². The fourth-order valence-electron chi connectivity index (χ4n) is 0.809. The molecular weight excluding hydrogens is 88.1 g/mol. The van der Waals surface area contributed by atoms with E-state index in [1.807, 2.05) is 13.2 Å². The quantitative estimate of drug-likeness (QED) is 0.481. The highest BCUT2D eigenvalue weighted by molar-refractivity contribution is 5.60. The van der Waals surface area contributed by atoms with Crippen molar-refractivity contribution in [2.45, 2.75) is 26.2 Å². The molecule has 1 rings (SSSR count). The predicted molar refractivity (Wildman–Crippen MR) is 27.7 cm³/mol. The van der Waals surface area contributed by atoms with Gasteiger partial charge >= 0.3 is 0 Å². The highest BCUT2D eigenvalue weighted by atomic mass is 16.1. The Morgan fingerprint density at radius 2 is 2.14 bits per heavy atom. The summed E-state index contributed by atoms with van der Waals surface area (Å²) >= 11 is 0. The first-order valence-electron chi connectivity index (χ1n) is 2.66. The van der Waals surface area contributed by atoms with Crippen LogP contribution in [0.15, 0.2) is 0 Å². The topological polar surface area (TPSA) is 17.1 Å². The molecule has 1 nitrogen and oxygen atoms in total. The lowest BCUT2D eigenvalue weighted by molar-refractivity contribution is 0.250. The van der Waals surface area contributed by atoms with E-state index in [-0.39, 0.29) is 5.41 Å². The Morgan fingerprint density at radius 3 is 2.14 bits per heavy atom. The van der Waals surface area contributed by atoms with Crippen LogP contribution in [0.25, 0.3) is 0 Å². The Morgan fingerprint density at radius 1 is 1.57 bits per heavy atom. The maximum absolute atomic E-state index is 9.98. The zero-order valence-corrected chi connectivity index (χ0v) is 4.53. The first-order chi connectivity index (χ1) is 3.27. The van der Waals surface area contributed by atoms with Gasteiger partial charge in [0.05, 0.1) is 0 Å². The number of hydrogen-bond donors (Lipinski definition) is 0. The average molecular weight is 97.1 g/mol. The van der Waals surface area contributed by atoms with Crippen molar-refractivity contribution in [3.8, 4) is 0 Å². The summed E-state index contributed by atoms with van der Waals surface area (Å²) in [7, 11) is 0. The van der Waals surface area contributed by atoms with Crippen LogP contribution in [0, 0.1) is 5.41 Å². The Bertz CT molecular complexity index is 82.2. The van der Waals surface area contributed by atoms with Gasteiger partial charge in [0.15, 0.2) is 0 Å². The van der Waals surface area contributed by atoms with Crippen LogP contribution in [0.4, 0.5) is 0 Å². The van der Waals surface area contributed by atoms with Crippen molar-refractivity contribution in [2.24, 2.45) is 5.41 Å². The molecule has 0 aliphatic heterocycles. The molecule has 0 aromatic carbocycles. The minimum absolute atomic E-state index is 0.0417. The number of carbonyl (C=O) groups excluding carboxylic acids is 1. The fourth-order valence-corrected chi connectivity index (χ4v) is 0.809. The highest BCUT2D eigenvalue weighted by Crippen LogP contribution is 2.37. The van der Waals surface area contributed by atoms with Crippen LogP contribution in [0.1, 0.15) is 26.2 Å². The molecule has 1 radical (unpaired) electrons. The average Bonchev–Trinajstić information content (AvgIpc) is 1.61. The van der Waals surface area contributed by atoms with Crippen molar-refractivity contribution in [1.29, 1.82) is 0 Å². The maximum atomic E-state index is 9.98. The standard InChI is InChI=1S/C6H9O/c1-6(5-7)3-2-4-6/h2-4H2,1H3. The normalized spacial score (nSPS) is 25.9. The van der Waals surface area contributed by atoms with Gasteiger partial charge in [-0.2, -0.15) is 0 Å². The zero-order valence-electron chi connectivity index (χ0n) is 4.53. The van der Waals surface area contributed by atoms with Crippen molar-refractivity contribution in [3.05, 3.63) is 0 Å². The van der Waals surface area contributed by atoms with Crippen molar-refractivity contribution in [1.82, 2.24) is 0 Å². The van der Waals surface area contributed by atoms with E-state index in [0.29, 0.717) is 0 Å². The van der Waals surface area contributed by atoms with Gasteiger partial charge in [-0.05, 0) is 12.8 Å². The molecule has 0 bridgehead atoms. The molecule has 0 aromatic heterocycles. The molecule has 1 saturated carbocycles. The van der Waals surface area contributed by atoms with Crippen LogP contribution in [0.3, 0.4) is 0 Å². The lowest BCUT2D eigenvalue weighted by atomic mass is 9.72. The molecular formula is C6H9O. The molecule has 0 unspecified atom stereocenters. The molecule has 0 N–H and O–H groups in total. The minimum atomic E-state index is -0.0417. The molecule has 1 heteroatoms. The van der Waals surface area contributed by atoms with E-state index in [4.69, 9.17) is 0 Å². The van der Waals surface area contributed by atoms with Crippen molar-refractivity contribution < 1.29 is 4.79 Å². The summed E-state index contributed by atoms with van der Waals surface area (Å²) in [6, 6.07) is 0. The third-order valence-corrected chi connectivity index (χ3v) is 1.70. The van der Waals surface area contributed by atoms with Gasteiger partial charge in [0, 0.05) is 5.41 Å². The van der Waals surface area contributed by atoms with Crippen molar-refractivity contribution in [3.63, 3.8) is 0 Å². The number of hydrogen-bond acceptors (Lipinski definition) is 1. The van der Waals surface area contributed by atoms with Crippen LogP contribution in [-0.4, -0.2) is 6.29 Å². The fraction of sp³-hybridized carbons (Fsp3) is 0.833. The minimum Gasteiger partial charge on any atom is -0.290 e. The van der Waals surface area contributed by atoms with E-state index >= 15 is 0 Å².